The van der Waals surface area contributed by atoms with Crippen LogP contribution in [-0.4, -0.2) is 11.6 Å². The molecule has 160 valence electrons. The van der Waals surface area contributed by atoms with Crippen LogP contribution in [0.2, 0.25) is 0 Å². The van der Waals surface area contributed by atoms with Gasteiger partial charge in [-0.25, -0.2) is 4.99 Å². The van der Waals surface area contributed by atoms with Crippen LogP contribution in [0.5, 0.6) is 0 Å². The van der Waals surface area contributed by atoms with Gasteiger partial charge in [0.15, 0.2) is 0 Å². The van der Waals surface area contributed by atoms with Crippen molar-refractivity contribution in [3.05, 3.63) is 130 Å². The summed E-state index contributed by atoms with van der Waals surface area (Å²) in [5, 5.41) is 3.52. The zero-order valence-electron chi connectivity index (χ0n) is 17.7. The van der Waals surface area contributed by atoms with Gasteiger partial charge in [0.25, 0.3) is 5.91 Å². The van der Waals surface area contributed by atoms with Crippen LogP contribution < -0.4 is 10.2 Å². The zero-order chi connectivity index (χ0) is 22.4. The first-order valence-corrected chi connectivity index (χ1v) is 11.6. The van der Waals surface area contributed by atoms with Gasteiger partial charge in [-0.3, -0.25) is 4.79 Å². The minimum absolute atomic E-state index is 0.0811. The fourth-order valence-electron chi connectivity index (χ4n) is 4.67. The lowest BCUT2D eigenvalue weighted by Crippen LogP contribution is -2.47. The topological polar surface area (TPSA) is 44.7 Å². The van der Waals surface area contributed by atoms with Gasteiger partial charge in [0.1, 0.15) is 0 Å². The maximum Gasteiger partial charge on any atom is 0.280 e. The maximum atomic E-state index is 14.2. The Hall–Kier alpha value is -3.70. The molecule has 4 aromatic rings. The van der Waals surface area contributed by atoms with Crippen molar-refractivity contribution >= 4 is 38.9 Å². The van der Waals surface area contributed by atoms with Crippen molar-refractivity contribution in [3.8, 4) is 0 Å². The summed E-state index contributed by atoms with van der Waals surface area (Å²) in [5.41, 5.74) is 5.24. The lowest BCUT2D eigenvalue weighted by atomic mass is 9.92. The first kappa shape index (κ1) is 19.9. The van der Waals surface area contributed by atoms with Crippen LogP contribution >= 0.6 is 15.9 Å². The molecule has 4 aromatic carbocycles. The highest BCUT2D eigenvalue weighted by Crippen LogP contribution is 2.48. The number of anilines is 2. The summed E-state index contributed by atoms with van der Waals surface area (Å²) >= 11 is 3.61. The van der Waals surface area contributed by atoms with Crippen molar-refractivity contribution in [3.63, 3.8) is 0 Å². The SMILES string of the molecule is O=C1N(Cc2ccccc2)c2ccc(Br)cc2C12N=C(c1ccccc1)c1ccccc1N2. The number of carbonyl (C=O) groups is 1. The Labute approximate surface area is 200 Å². The summed E-state index contributed by atoms with van der Waals surface area (Å²) in [6, 6.07) is 34.1. The van der Waals surface area contributed by atoms with E-state index in [0.717, 1.165) is 43.8 Å². The van der Waals surface area contributed by atoms with Gasteiger partial charge in [-0.15, -0.1) is 0 Å². The van der Waals surface area contributed by atoms with Crippen LogP contribution in [0.1, 0.15) is 22.3 Å². The predicted octanol–water partition coefficient (Wildman–Crippen LogP) is 6.11. The van der Waals surface area contributed by atoms with Crippen molar-refractivity contribution in [1.29, 1.82) is 0 Å². The average molecular weight is 494 g/mol. The van der Waals surface area contributed by atoms with Gasteiger partial charge < -0.3 is 10.2 Å². The molecular weight excluding hydrogens is 474 g/mol. The van der Waals surface area contributed by atoms with Crippen molar-refractivity contribution in [2.75, 3.05) is 10.2 Å². The van der Waals surface area contributed by atoms with E-state index in [1.165, 1.54) is 0 Å². The van der Waals surface area contributed by atoms with Gasteiger partial charge in [0.2, 0.25) is 5.66 Å². The molecule has 6 rings (SSSR count). The highest BCUT2D eigenvalue weighted by molar-refractivity contribution is 9.10. The molecule has 0 radical (unpaired) electrons. The van der Waals surface area contributed by atoms with Crippen LogP contribution in [0.25, 0.3) is 0 Å². The first-order chi connectivity index (χ1) is 16.2. The number of halogens is 1. The van der Waals surface area contributed by atoms with Crippen LogP contribution in [0, 0.1) is 0 Å². The van der Waals surface area contributed by atoms with Crippen LogP contribution in [0.3, 0.4) is 0 Å². The Kier molecular flexibility index (Phi) is 4.66. The van der Waals surface area contributed by atoms with E-state index in [1.807, 2.05) is 108 Å². The summed E-state index contributed by atoms with van der Waals surface area (Å²) in [5.74, 6) is -0.0811. The van der Waals surface area contributed by atoms with E-state index in [0.29, 0.717) is 6.54 Å². The predicted molar refractivity (Wildman–Crippen MR) is 136 cm³/mol. The van der Waals surface area contributed by atoms with Crippen LogP contribution in [0.4, 0.5) is 11.4 Å². The smallest absolute Gasteiger partial charge is 0.280 e. The summed E-state index contributed by atoms with van der Waals surface area (Å²) < 4.78 is 0.909. The minimum Gasteiger partial charge on any atom is -0.349 e. The second kappa shape index (κ2) is 7.71. The third-order valence-electron chi connectivity index (χ3n) is 6.20. The maximum absolute atomic E-state index is 14.2. The molecule has 0 fully saturated rings. The molecule has 4 nitrogen and oxygen atoms in total. The monoisotopic (exact) mass is 493 g/mol. The first-order valence-electron chi connectivity index (χ1n) is 10.8. The molecule has 2 aliphatic rings. The normalized spacial score (nSPS) is 18.5. The van der Waals surface area contributed by atoms with Crippen molar-refractivity contribution < 1.29 is 4.79 Å². The fraction of sp³-hybridized carbons (Fsp3) is 0.0714. The van der Waals surface area contributed by atoms with E-state index in [-0.39, 0.29) is 5.91 Å². The quantitative estimate of drug-likeness (QED) is 0.374. The Morgan fingerprint density at radius 3 is 2.33 bits per heavy atom. The number of hydrogen-bond donors (Lipinski definition) is 1. The summed E-state index contributed by atoms with van der Waals surface area (Å²) in [6.45, 7) is 0.482. The molecule has 0 saturated carbocycles. The fourth-order valence-corrected chi connectivity index (χ4v) is 5.03. The van der Waals surface area contributed by atoms with E-state index >= 15 is 0 Å². The Morgan fingerprint density at radius 1 is 0.848 bits per heavy atom. The van der Waals surface area contributed by atoms with E-state index in [1.54, 1.807) is 0 Å². The number of nitrogens with zero attached hydrogens (tertiary/aromatic N) is 2. The number of benzene rings is 4. The summed E-state index contributed by atoms with van der Waals surface area (Å²) in [6.07, 6.45) is 0. The largest absolute Gasteiger partial charge is 0.349 e. The van der Waals surface area contributed by atoms with Gasteiger partial charge in [0, 0.05) is 26.9 Å². The number of amides is 1. The van der Waals surface area contributed by atoms with E-state index < -0.39 is 5.66 Å². The van der Waals surface area contributed by atoms with Gasteiger partial charge in [0.05, 0.1) is 17.9 Å². The van der Waals surface area contributed by atoms with Gasteiger partial charge in [-0.2, -0.15) is 0 Å². The molecular formula is C28H20BrN3O. The third-order valence-corrected chi connectivity index (χ3v) is 6.70. The molecule has 1 amide bonds. The van der Waals surface area contributed by atoms with E-state index in [4.69, 9.17) is 4.99 Å². The minimum atomic E-state index is -1.23. The molecule has 33 heavy (non-hydrogen) atoms. The number of carbonyl (C=O) groups excluding carboxylic acids is 1. The molecule has 2 heterocycles. The average Bonchev–Trinajstić information content (AvgIpc) is 3.06. The molecule has 1 atom stereocenters. The summed E-state index contributed by atoms with van der Waals surface area (Å²) in [7, 11) is 0. The van der Waals surface area contributed by atoms with Gasteiger partial charge >= 0.3 is 0 Å². The highest BCUT2D eigenvalue weighted by atomic mass is 79.9. The van der Waals surface area contributed by atoms with Crippen molar-refractivity contribution in [1.82, 2.24) is 0 Å². The molecule has 2 aliphatic heterocycles. The molecule has 5 heteroatoms. The molecule has 1 unspecified atom stereocenters. The number of rotatable bonds is 3. The van der Waals surface area contributed by atoms with Crippen LogP contribution in [-0.2, 0) is 17.0 Å². The number of aliphatic imine (C=N–C) groups is 1. The second-order valence-corrected chi connectivity index (χ2v) is 9.16. The Morgan fingerprint density at radius 2 is 1.55 bits per heavy atom. The van der Waals surface area contributed by atoms with Gasteiger partial charge in [-0.05, 0) is 29.8 Å². The summed E-state index contributed by atoms with van der Waals surface area (Å²) in [4.78, 5) is 21.2. The molecule has 0 saturated heterocycles. The van der Waals surface area contributed by atoms with Crippen molar-refractivity contribution in [2.45, 2.75) is 12.2 Å². The van der Waals surface area contributed by atoms with E-state index in [9.17, 15) is 4.79 Å². The van der Waals surface area contributed by atoms with Crippen molar-refractivity contribution in [2.24, 2.45) is 4.99 Å². The lowest BCUT2D eigenvalue weighted by Gasteiger charge is -2.33. The second-order valence-electron chi connectivity index (χ2n) is 8.25. The highest BCUT2D eigenvalue weighted by Gasteiger charge is 2.53. The number of para-hydroxylation sites is 1. The molecule has 1 N–H and O–H groups in total. The number of nitrogens with one attached hydrogen (secondary N) is 1. The third kappa shape index (κ3) is 3.19. The number of fused-ring (bicyclic) bond motifs is 3. The number of hydrogen-bond acceptors (Lipinski definition) is 3. The lowest BCUT2D eigenvalue weighted by molar-refractivity contribution is -0.122. The molecule has 0 aromatic heterocycles. The standard InChI is InChI=1S/C28H20BrN3O/c29-21-15-16-25-23(17-21)28(27(33)32(25)18-19-9-3-1-4-10-19)30-24-14-8-7-13-22(24)26(31-28)20-11-5-2-6-12-20/h1-17,30H,18H2. The Balaban J connectivity index is 1.57. The molecule has 0 bridgehead atoms. The van der Waals surface area contributed by atoms with Crippen LogP contribution in [0.15, 0.2) is 113 Å². The Bertz CT molecular complexity index is 1400. The van der Waals surface area contributed by atoms with E-state index in [2.05, 4.69) is 21.2 Å². The van der Waals surface area contributed by atoms with Gasteiger partial charge in [-0.1, -0.05) is 94.8 Å². The molecule has 0 aliphatic carbocycles. The zero-order valence-corrected chi connectivity index (χ0v) is 19.3. The molecule has 1 spiro atoms.